The van der Waals surface area contributed by atoms with Gasteiger partial charge in [-0.25, -0.2) is 4.68 Å². The molecule has 3 N–H and O–H groups in total. The SMILES string of the molecule is CCn1nc(C)c(N)c1NCc1ccccn1. The molecule has 90 valence electrons. The number of hydrogen-bond donors (Lipinski definition) is 2. The van der Waals surface area contributed by atoms with Gasteiger partial charge in [0.15, 0.2) is 0 Å². The lowest BCUT2D eigenvalue weighted by molar-refractivity contribution is 0.657. The van der Waals surface area contributed by atoms with Crippen LogP contribution in [0.2, 0.25) is 0 Å². The maximum absolute atomic E-state index is 5.98. The van der Waals surface area contributed by atoms with Gasteiger partial charge in [-0.3, -0.25) is 4.98 Å². The Labute approximate surface area is 101 Å². The third kappa shape index (κ3) is 2.38. The van der Waals surface area contributed by atoms with E-state index in [0.29, 0.717) is 12.2 Å². The molecule has 0 aromatic carbocycles. The second-order valence-corrected chi connectivity index (χ2v) is 3.84. The highest BCUT2D eigenvalue weighted by atomic mass is 15.3. The van der Waals surface area contributed by atoms with Crippen molar-refractivity contribution in [2.45, 2.75) is 26.9 Å². The van der Waals surface area contributed by atoms with Crippen molar-refractivity contribution in [2.24, 2.45) is 0 Å². The molecule has 0 amide bonds. The molecule has 0 fully saturated rings. The molecule has 0 aliphatic heterocycles. The minimum atomic E-state index is 0.649. The number of nitrogens with one attached hydrogen (secondary N) is 1. The van der Waals surface area contributed by atoms with Gasteiger partial charge < -0.3 is 11.1 Å². The van der Waals surface area contributed by atoms with Gasteiger partial charge in [-0.2, -0.15) is 5.10 Å². The Morgan fingerprint density at radius 2 is 2.24 bits per heavy atom. The molecular weight excluding hydrogens is 214 g/mol. The van der Waals surface area contributed by atoms with E-state index in [9.17, 15) is 0 Å². The molecule has 0 aliphatic rings. The third-order valence-electron chi connectivity index (χ3n) is 2.64. The first-order valence-corrected chi connectivity index (χ1v) is 5.69. The lowest BCUT2D eigenvalue weighted by Crippen LogP contribution is -2.09. The highest BCUT2D eigenvalue weighted by molar-refractivity contribution is 5.64. The van der Waals surface area contributed by atoms with Gasteiger partial charge in [0.1, 0.15) is 5.82 Å². The van der Waals surface area contributed by atoms with Gasteiger partial charge in [-0.05, 0) is 26.0 Å². The standard InChI is InChI=1S/C12H17N5/c1-3-17-12(11(13)9(2)16-17)15-8-10-6-4-5-7-14-10/h4-7,15H,3,8,13H2,1-2H3. The van der Waals surface area contributed by atoms with E-state index in [1.54, 1.807) is 6.20 Å². The van der Waals surface area contributed by atoms with Gasteiger partial charge in [-0.15, -0.1) is 0 Å². The normalized spacial score (nSPS) is 10.5. The Hall–Kier alpha value is -2.04. The van der Waals surface area contributed by atoms with Crippen LogP contribution in [0.4, 0.5) is 11.5 Å². The van der Waals surface area contributed by atoms with Crippen molar-refractivity contribution >= 4 is 11.5 Å². The minimum Gasteiger partial charge on any atom is -0.394 e. The van der Waals surface area contributed by atoms with E-state index >= 15 is 0 Å². The molecule has 2 aromatic heterocycles. The van der Waals surface area contributed by atoms with Gasteiger partial charge in [0, 0.05) is 12.7 Å². The predicted octanol–water partition coefficient (Wildman–Crippen LogP) is 1.80. The number of nitrogens with two attached hydrogens (primary N) is 1. The average Bonchev–Trinajstić information content (AvgIpc) is 2.64. The summed E-state index contributed by atoms with van der Waals surface area (Å²) in [6.07, 6.45) is 1.78. The Bertz CT molecular complexity index is 489. The van der Waals surface area contributed by atoms with Crippen molar-refractivity contribution in [3.8, 4) is 0 Å². The van der Waals surface area contributed by atoms with Crippen LogP contribution in [0.25, 0.3) is 0 Å². The van der Waals surface area contributed by atoms with Gasteiger partial charge in [0.2, 0.25) is 0 Å². The Kier molecular flexibility index (Phi) is 3.27. The van der Waals surface area contributed by atoms with Crippen molar-refractivity contribution in [2.75, 3.05) is 11.1 Å². The van der Waals surface area contributed by atoms with E-state index in [0.717, 1.165) is 23.8 Å². The lowest BCUT2D eigenvalue weighted by atomic mass is 10.3. The van der Waals surface area contributed by atoms with Gasteiger partial charge in [0.05, 0.1) is 23.6 Å². The second kappa shape index (κ2) is 4.86. The quantitative estimate of drug-likeness (QED) is 0.842. The smallest absolute Gasteiger partial charge is 0.148 e. The van der Waals surface area contributed by atoms with E-state index in [1.165, 1.54) is 0 Å². The molecular formula is C12H17N5. The summed E-state index contributed by atoms with van der Waals surface area (Å²) < 4.78 is 1.87. The van der Waals surface area contributed by atoms with Crippen molar-refractivity contribution in [1.82, 2.24) is 14.8 Å². The van der Waals surface area contributed by atoms with Crippen LogP contribution in [0.5, 0.6) is 0 Å². The van der Waals surface area contributed by atoms with Crippen LogP contribution in [0.1, 0.15) is 18.3 Å². The summed E-state index contributed by atoms with van der Waals surface area (Å²) in [6.45, 7) is 5.39. The molecule has 5 nitrogen and oxygen atoms in total. The third-order valence-corrected chi connectivity index (χ3v) is 2.64. The largest absolute Gasteiger partial charge is 0.394 e. The summed E-state index contributed by atoms with van der Waals surface area (Å²) in [5.41, 5.74) is 8.52. The zero-order valence-electron chi connectivity index (χ0n) is 10.1. The Morgan fingerprint density at radius 3 is 2.88 bits per heavy atom. The Balaban J connectivity index is 2.14. The molecule has 0 spiro atoms. The zero-order chi connectivity index (χ0) is 12.3. The molecule has 0 bridgehead atoms. The number of nitrogen functional groups attached to an aromatic ring is 1. The molecule has 0 unspecified atom stereocenters. The van der Waals surface area contributed by atoms with Crippen LogP contribution >= 0.6 is 0 Å². The fourth-order valence-electron chi connectivity index (χ4n) is 1.69. The van der Waals surface area contributed by atoms with Crippen LogP contribution < -0.4 is 11.1 Å². The summed E-state index contributed by atoms with van der Waals surface area (Å²) in [5, 5.41) is 7.63. The number of nitrogens with zero attached hydrogens (tertiary/aromatic N) is 3. The fraction of sp³-hybridized carbons (Fsp3) is 0.333. The summed E-state index contributed by atoms with van der Waals surface area (Å²) in [6, 6.07) is 5.84. The topological polar surface area (TPSA) is 68.8 Å². The number of anilines is 2. The summed E-state index contributed by atoms with van der Waals surface area (Å²) in [4.78, 5) is 4.25. The van der Waals surface area contributed by atoms with E-state index < -0.39 is 0 Å². The van der Waals surface area contributed by atoms with Crippen molar-refractivity contribution in [3.63, 3.8) is 0 Å². The average molecular weight is 231 g/mol. The van der Waals surface area contributed by atoms with E-state index in [2.05, 4.69) is 15.4 Å². The van der Waals surface area contributed by atoms with E-state index in [1.807, 2.05) is 36.7 Å². The monoisotopic (exact) mass is 231 g/mol. The van der Waals surface area contributed by atoms with Crippen LogP contribution in [0.3, 0.4) is 0 Å². The van der Waals surface area contributed by atoms with Gasteiger partial charge >= 0.3 is 0 Å². The van der Waals surface area contributed by atoms with Crippen LogP contribution in [-0.4, -0.2) is 14.8 Å². The molecule has 17 heavy (non-hydrogen) atoms. The zero-order valence-corrected chi connectivity index (χ0v) is 10.1. The van der Waals surface area contributed by atoms with E-state index in [-0.39, 0.29) is 0 Å². The first-order valence-electron chi connectivity index (χ1n) is 5.69. The maximum atomic E-state index is 5.98. The molecule has 0 saturated heterocycles. The molecule has 2 aromatic rings. The van der Waals surface area contributed by atoms with Crippen molar-refractivity contribution < 1.29 is 0 Å². The number of aryl methyl sites for hydroxylation is 2. The molecule has 0 radical (unpaired) electrons. The van der Waals surface area contributed by atoms with Crippen LogP contribution in [0.15, 0.2) is 24.4 Å². The lowest BCUT2D eigenvalue weighted by Gasteiger charge is -2.08. The Morgan fingerprint density at radius 1 is 1.41 bits per heavy atom. The first kappa shape index (κ1) is 11.4. The van der Waals surface area contributed by atoms with Crippen LogP contribution in [-0.2, 0) is 13.1 Å². The van der Waals surface area contributed by atoms with E-state index in [4.69, 9.17) is 5.73 Å². The van der Waals surface area contributed by atoms with Crippen molar-refractivity contribution in [3.05, 3.63) is 35.8 Å². The first-order chi connectivity index (χ1) is 8.22. The van der Waals surface area contributed by atoms with Gasteiger partial charge in [-0.1, -0.05) is 6.07 Å². The number of aromatic nitrogens is 3. The molecule has 0 aliphatic carbocycles. The molecule has 5 heteroatoms. The molecule has 0 atom stereocenters. The molecule has 2 rings (SSSR count). The second-order valence-electron chi connectivity index (χ2n) is 3.84. The highest BCUT2D eigenvalue weighted by Gasteiger charge is 2.10. The summed E-state index contributed by atoms with van der Waals surface area (Å²) in [5.74, 6) is 0.871. The number of rotatable bonds is 4. The number of hydrogen-bond acceptors (Lipinski definition) is 4. The molecule has 2 heterocycles. The predicted molar refractivity (Wildman–Crippen MR) is 68.6 cm³/mol. The fourth-order valence-corrected chi connectivity index (χ4v) is 1.69. The highest BCUT2D eigenvalue weighted by Crippen LogP contribution is 2.22. The number of pyridine rings is 1. The molecule has 0 saturated carbocycles. The minimum absolute atomic E-state index is 0.649. The summed E-state index contributed by atoms with van der Waals surface area (Å²) >= 11 is 0. The van der Waals surface area contributed by atoms with Crippen molar-refractivity contribution in [1.29, 1.82) is 0 Å². The summed E-state index contributed by atoms with van der Waals surface area (Å²) in [7, 11) is 0. The van der Waals surface area contributed by atoms with Gasteiger partial charge in [0.25, 0.3) is 0 Å². The van der Waals surface area contributed by atoms with Crippen LogP contribution in [0, 0.1) is 6.92 Å². The maximum Gasteiger partial charge on any atom is 0.148 e.